The standard InChI is InChI=1S/C16H15FN2O4S/c17-12-1-3-13(4-2-12)24(22,23)14-6-8-19(10-14)16(21)11-5-7-18-15(20)9-11/h1-5,7,9,14H,6,8,10H2,(H,18,20). The zero-order chi connectivity index (χ0) is 17.3. The Morgan fingerprint density at radius 1 is 1.25 bits per heavy atom. The first-order valence-corrected chi connectivity index (χ1v) is 8.86. The van der Waals surface area contributed by atoms with Crippen molar-refractivity contribution >= 4 is 15.7 Å². The fourth-order valence-electron chi connectivity index (χ4n) is 2.72. The number of halogens is 1. The van der Waals surface area contributed by atoms with Crippen molar-refractivity contribution in [1.82, 2.24) is 9.88 Å². The molecule has 126 valence electrons. The van der Waals surface area contributed by atoms with Crippen LogP contribution in [-0.4, -0.2) is 47.7 Å². The Labute approximate surface area is 138 Å². The molecule has 1 aliphatic rings. The number of rotatable bonds is 3. The number of aromatic hydroxyl groups is 1. The summed E-state index contributed by atoms with van der Waals surface area (Å²) in [5, 5.41) is 8.61. The Bertz CT molecular complexity index is 868. The summed E-state index contributed by atoms with van der Waals surface area (Å²) < 4.78 is 38.2. The largest absolute Gasteiger partial charge is 0.493 e. The van der Waals surface area contributed by atoms with Crippen LogP contribution < -0.4 is 0 Å². The van der Waals surface area contributed by atoms with Gasteiger partial charge < -0.3 is 10.0 Å². The Hall–Kier alpha value is -2.48. The van der Waals surface area contributed by atoms with E-state index in [-0.39, 0.29) is 28.8 Å². The molecule has 0 aliphatic carbocycles. The normalized spacial score (nSPS) is 17.9. The number of sulfone groups is 1. The zero-order valence-corrected chi connectivity index (χ0v) is 13.4. The summed E-state index contributed by atoms with van der Waals surface area (Å²) in [6.45, 7) is 0.356. The monoisotopic (exact) mass is 350 g/mol. The van der Waals surface area contributed by atoms with Gasteiger partial charge in [0.1, 0.15) is 5.82 Å². The number of hydrogen-bond donors (Lipinski definition) is 1. The number of pyridine rings is 1. The van der Waals surface area contributed by atoms with Crippen LogP contribution in [0.15, 0.2) is 47.5 Å². The number of carbonyl (C=O) groups excluding carboxylic acids is 1. The highest BCUT2D eigenvalue weighted by Crippen LogP contribution is 2.25. The fraction of sp³-hybridized carbons (Fsp3) is 0.250. The first-order chi connectivity index (χ1) is 11.4. The molecule has 0 saturated carbocycles. The Kier molecular flexibility index (Phi) is 4.23. The zero-order valence-electron chi connectivity index (χ0n) is 12.6. The maximum atomic E-state index is 13.0. The molecular formula is C16H15FN2O4S. The van der Waals surface area contributed by atoms with E-state index in [9.17, 15) is 22.7 Å². The number of likely N-dealkylation sites (tertiary alicyclic amines) is 1. The third-order valence-electron chi connectivity index (χ3n) is 4.01. The van der Waals surface area contributed by atoms with Gasteiger partial charge in [0.05, 0.1) is 10.1 Å². The van der Waals surface area contributed by atoms with Crippen LogP contribution in [0.1, 0.15) is 16.8 Å². The van der Waals surface area contributed by atoms with Gasteiger partial charge in [0.15, 0.2) is 9.84 Å². The average molecular weight is 350 g/mol. The summed E-state index contributed by atoms with van der Waals surface area (Å²) in [5.74, 6) is -1.13. The maximum Gasteiger partial charge on any atom is 0.254 e. The van der Waals surface area contributed by atoms with Crippen LogP contribution in [0, 0.1) is 5.82 Å². The van der Waals surface area contributed by atoms with Crippen LogP contribution in [-0.2, 0) is 9.84 Å². The van der Waals surface area contributed by atoms with Crippen molar-refractivity contribution < 1.29 is 22.7 Å². The number of amides is 1. The van der Waals surface area contributed by atoms with Crippen LogP contribution in [0.5, 0.6) is 5.88 Å². The second kappa shape index (κ2) is 6.20. The molecule has 1 N–H and O–H groups in total. The predicted molar refractivity (Wildman–Crippen MR) is 83.8 cm³/mol. The van der Waals surface area contributed by atoms with Gasteiger partial charge in [-0.05, 0) is 36.8 Å². The summed E-state index contributed by atoms with van der Waals surface area (Å²) in [6, 6.07) is 7.37. The Balaban J connectivity index is 1.77. The molecule has 1 unspecified atom stereocenters. The summed E-state index contributed by atoms with van der Waals surface area (Å²) >= 11 is 0. The Morgan fingerprint density at radius 3 is 2.62 bits per heavy atom. The van der Waals surface area contributed by atoms with E-state index in [4.69, 9.17) is 0 Å². The molecule has 0 spiro atoms. The summed E-state index contributed by atoms with van der Waals surface area (Å²) in [4.78, 5) is 17.5. The molecule has 0 radical (unpaired) electrons. The molecule has 1 aliphatic heterocycles. The smallest absolute Gasteiger partial charge is 0.254 e. The first kappa shape index (κ1) is 16.4. The number of carbonyl (C=O) groups is 1. The van der Waals surface area contributed by atoms with Crippen LogP contribution >= 0.6 is 0 Å². The molecule has 2 aromatic rings. The average Bonchev–Trinajstić information content (AvgIpc) is 3.05. The summed E-state index contributed by atoms with van der Waals surface area (Å²) in [6.07, 6.45) is 1.62. The maximum absolute atomic E-state index is 13.0. The van der Waals surface area contributed by atoms with Crippen LogP contribution in [0.4, 0.5) is 4.39 Å². The van der Waals surface area contributed by atoms with Crippen LogP contribution in [0.2, 0.25) is 0 Å². The molecule has 1 aromatic heterocycles. The molecule has 1 amide bonds. The van der Waals surface area contributed by atoms with E-state index in [2.05, 4.69) is 4.98 Å². The van der Waals surface area contributed by atoms with Crippen molar-refractivity contribution in [3.8, 4) is 5.88 Å². The Morgan fingerprint density at radius 2 is 1.96 bits per heavy atom. The van der Waals surface area contributed by atoms with Crippen molar-refractivity contribution in [3.63, 3.8) is 0 Å². The van der Waals surface area contributed by atoms with Gasteiger partial charge in [0, 0.05) is 30.9 Å². The van der Waals surface area contributed by atoms with Crippen molar-refractivity contribution in [3.05, 3.63) is 54.0 Å². The quantitative estimate of drug-likeness (QED) is 0.850. The van der Waals surface area contributed by atoms with E-state index in [1.54, 1.807) is 0 Å². The number of hydrogen-bond acceptors (Lipinski definition) is 5. The molecule has 3 rings (SSSR count). The van der Waals surface area contributed by atoms with Crippen LogP contribution in [0.25, 0.3) is 0 Å². The molecule has 1 saturated heterocycles. The second-order valence-electron chi connectivity index (χ2n) is 5.56. The highest BCUT2D eigenvalue weighted by atomic mass is 32.2. The molecular weight excluding hydrogens is 335 g/mol. The van der Waals surface area contributed by atoms with Gasteiger partial charge in [-0.1, -0.05) is 0 Å². The molecule has 2 heterocycles. The van der Waals surface area contributed by atoms with E-state index in [0.717, 1.165) is 12.1 Å². The molecule has 24 heavy (non-hydrogen) atoms. The third-order valence-corrected chi connectivity index (χ3v) is 6.20. The molecule has 1 aromatic carbocycles. The molecule has 1 fully saturated rings. The van der Waals surface area contributed by atoms with Crippen molar-refractivity contribution in [2.45, 2.75) is 16.6 Å². The van der Waals surface area contributed by atoms with Gasteiger partial charge in [-0.3, -0.25) is 4.79 Å². The fourth-order valence-corrected chi connectivity index (χ4v) is 4.41. The first-order valence-electron chi connectivity index (χ1n) is 7.31. The van der Waals surface area contributed by atoms with Gasteiger partial charge in [-0.2, -0.15) is 0 Å². The summed E-state index contributed by atoms with van der Waals surface area (Å²) in [7, 11) is -3.63. The molecule has 0 bridgehead atoms. The van der Waals surface area contributed by atoms with E-state index < -0.39 is 20.9 Å². The van der Waals surface area contributed by atoms with E-state index in [1.807, 2.05) is 0 Å². The highest BCUT2D eigenvalue weighted by molar-refractivity contribution is 7.92. The number of nitrogens with zero attached hydrogens (tertiary/aromatic N) is 2. The van der Waals surface area contributed by atoms with E-state index in [0.29, 0.717) is 13.0 Å². The van der Waals surface area contributed by atoms with Crippen molar-refractivity contribution in [2.24, 2.45) is 0 Å². The molecule has 8 heteroatoms. The minimum atomic E-state index is -3.63. The lowest BCUT2D eigenvalue weighted by Crippen LogP contribution is -2.32. The lowest BCUT2D eigenvalue weighted by molar-refractivity contribution is 0.0792. The minimum Gasteiger partial charge on any atom is -0.493 e. The third kappa shape index (κ3) is 3.09. The number of aromatic nitrogens is 1. The molecule has 1 atom stereocenters. The van der Waals surface area contributed by atoms with Crippen molar-refractivity contribution in [1.29, 1.82) is 0 Å². The molecule has 6 nitrogen and oxygen atoms in total. The SMILES string of the molecule is O=C(c1ccnc(O)c1)N1CCC(S(=O)(=O)c2ccc(F)cc2)C1. The predicted octanol–water partition coefficient (Wildman–Crippen LogP) is 1.61. The lowest BCUT2D eigenvalue weighted by atomic mass is 10.2. The highest BCUT2D eigenvalue weighted by Gasteiger charge is 2.36. The lowest BCUT2D eigenvalue weighted by Gasteiger charge is -2.17. The van der Waals surface area contributed by atoms with E-state index >= 15 is 0 Å². The van der Waals surface area contributed by atoms with Gasteiger partial charge in [-0.25, -0.2) is 17.8 Å². The van der Waals surface area contributed by atoms with E-state index in [1.165, 1.54) is 35.4 Å². The topological polar surface area (TPSA) is 87.6 Å². The number of benzene rings is 1. The van der Waals surface area contributed by atoms with Crippen molar-refractivity contribution in [2.75, 3.05) is 13.1 Å². The second-order valence-corrected chi connectivity index (χ2v) is 7.79. The van der Waals surface area contributed by atoms with Gasteiger partial charge in [-0.15, -0.1) is 0 Å². The van der Waals surface area contributed by atoms with Crippen LogP contribution in [0.3, 0.4) is 0 Å². The summed E-state index contributed by atoms with van der Waals surface area (Å²) in [5.41, 5.74) is 0.252. The van der Waals surface area contributed by atoms with Gasteiger partial charge in [0.25, 0.3) is 5.91 Å². The van der Waals surface area contributed by atoms with Gasteiger partial charge in [0.2, 0.25) is 5.88 Å². The van der Waals surface area contributed by atoms with Gasteiger partial charge >= 0.3 is 0 Å². The minimum absolute atomic E-state index is 0.0461.